The summed E-state index contributed by atoms with van der Waals surface area (Å²) >= 11 is 0. The number of likely N-dealkylation sites (tertiary alicyclic amines) is 1. The van der Waals surface area contributed by atoms with Gasteiger partial charge in [-0.2, -0.15) is 0 Å². The number of carbonyl (C=O) groups excluding carboxylic acids is 1. The lowest BCUT2D eigenvalue weighted by atomic mass is 9.99. The summed E-state index contributed by atoms with van der Waals surface area (Å²) in [6, 6.07) is 11.0. The van der Waals surface area contributed by atoms with Crippen molar-refractivity contribution in [1.29, 1.82) is 0 Å². The first-order valence-electron chi connectivity index (χ1n) is 7.66. The molecule has 2 heteroatoms. The van der Waals surface area contributed by atoms with Crippen molar-refractivity contribution in [2.45, 2.75) is 51.0 Å². The third-order valence-corrected chi connectivity index (χ3v) is 4.72. The summed E-state index contributed by atoms with van der Waals surface area (Å²) in [6.07, 6.45) is 5.83. The van der Waals surface area contributed by atoms with Crippen molar-refractivity contribution in [2.75, 3.05) is 6.54 Å². The summed E-state index contributed by atoms with van der Waals surface area (Å²) < 4.78 is 0. The first kappa shape index (κ1) is 12.7. The molecule has 102 valence electrons. The lowest BCUT2D eigenvalue weighted by molar-refractivity contribution is -0.136. The molecule has 0 spiro atoms. The zero-order valence-corrected chi connectivity index (χ0v) is 11.7. The lowest BCUT2D eigenvalue weighted by Crippen LogP contribution is -2.44. The molecular formula is C17H23NO. The van der Waals surface area contributed by atoms with E-state index < -0.39 is 0 Å². The van der Waals surface area contributed by atoms with E-state index in [4.69, 9.17) is 0 Å². The molecule has 0 bridgehead atoms. The van der Waals surface area contributed by atoms with Gasteiger partial charge in [-0.15, -0.1) is 0 Å². The molecule has 19 heavy (non-hydrogen) atoms. The molecule has 1 aromatic carbocycles. The van der Waals surface area contributed by atoms with E-state index in [2.05, 4.69) is 36.1 Å². The largest absolute Gasteiger partial charge is 0.339 e. The Morgan fingerprint density at radius 3 is 2.79 bits per heavy atom. The molecule has 2 fully saturated rings. The molecule has 0 radical (unpaired) electrons. The van der Waals surface area contributed by atoms with Crippen LogP contribution in [-0.4, -0.2) is 23.4 Å². The molecule has 0 unspecified atom stereocenters. The fourth-order valence-electron chi connectivity index (χ4n) is 3.46. The minimum atomic E-state index is 0.259. The van der Waals surface area contributed by atoms with Crippen LogP contribution in [0.1, 0.15) is 50.5 Å². The smallest absolute Gasteiger partial charge is 0.226 e. The fourth-order valence-corrected chi connectivity index (χ4v) is 3.46. The molecule has 1 aromatic rings. The molecule has 1 heterocycles. The van der Waals surface area contributed by atoms with E-state index in [1.807, 2.05) is 6.07 Å². The van der Waals surface area contributed by atoms with E-state index in [-0.39, 0.29) is 5.92 Å². The van der Waals surface area contributed by atoms with Gasteiger partial charge in [0, 0.05) is 18.5 Å². The van der Waals surface area contributed by atoms with E-state index >= 15 is 0 Å². The molecule has 0 aromatic heterocycles. The van der Waals surface area contributed by atoms with Crippen LogP contribution in [0.5, 0.6) is 0 Å². The zero-order valence-electron chi connectivity index (χ0n) is 11.7. The molecule has 0 N–H and O–H groups in total. The van der Waals surface area contributed by atoms with Gasteiger partial charge >= 0.3 is 0 Å². The summed E-state index contributed by atoms with van der Waals surface area (Å²) in [7, 11) is 0. The van der Waals surface area contributed by atoms with E-state index in [0.717, 1.165) is 19.4 Å². The minimum absolute atomic E-state index is 0.259. The Morgan fingerprint density at radius 1 is 1.26 bits per heavy atom. The Hall–Kier alpha value is -1.31. The van der Waals surface area contributed by atoms with E-state index in [1.165, 1.54) is 24.8 Å². The maximum absolute atomic E-state index is 12.6. The highest BCUT2D eigenvalue weighted by Gasteiger charge is 2.46. The highest BCUT2D eigenvalue weighted by Crippen LogP contribution is 2.49. The topological polar surface area (TPSA) is 20.3 Å². The molecule has 3 rings (SSSR count). The maximum atomic E-state index is 12.6. The number of carbonyl (C=O) groups is 1. The van der Waals surface area contributed by atoms with Gasteiger partial charge < -0.3 is 4.90 Å². The van der Waals surface area contributed by atoms with E-state index in [0.29, 0.717) is 17.9 Å². The average molecular weight is 257 g/mol. The summed E-state index contributed by atoms with van der Waals surface area (Å²) in [5, 5.41) is 0. The number of hydrogen-bond donors (Lipinski definition) is 0. The second-order valence-electron chi connectivity index (χ2n) is 5.95. The van der Waals surface area contributed by atoms with Crippen molar-refractivity contribution in [1.82, 2.24) is 4.90 Å². The van der Waals surface area contributed by atoms with Crippen LogP contribution in [0.3, 0.4) is 0 Å². The van der Waals surface area contributed by atoms with Crippen LogP contribution in [0.4, 0.5) is 0 Å². The van der Waals surface area contributed by atoms with Gasteiger partial charge in [-0.05, 0) is 43.6 Å². The van der Waals surface area contributed by atoms with Gasteiger partial charge in [-0.25, -0.2) is 0 Å². The third-order valence-electron chi connectivity index (χ3n) is 4.72. The minimum Gasteiger partial charge on any atom is -0.339 e. The lowest BCUT2D eigenvalue weighted by Gasteiger charge is -2.35. The van der Waals surface area contributed by atoms with Gasteiger partial charge in [0.25, 0.3) is 0 Å². The highest BCUT2D eigenvalue weighted by molar-refractivity contribution is 5.83. The SMILES string of the molecule is CC[C@@H]1CCCCN1C(=O)[C@@H]1C[C@H]1c1ccccc1. The third kappa shape index (κ3) is 2.54. The van der Waals surface area contributed by atoms with Crippen molar-refractivity contribution in [3.63, 3.8) is 0 Å². The van der Waals surface area contributed by atoms with Crippen molar-refractivity contribution < 1.29 is 4.79 Å². The Kier molecular flexibility index (Phi) is 3.58. The number of amides is 1. The summed E-state index contributed by atoms with van der Waals surface area (Å²) in [6.45, 7) is 3.19. The van der Waals surface area contributed by atoms with Crippen molar-refractivity contribution in [3.8, 4) is 0 Å². The van der Waals surface area contributed by atoms with Crippen LogP contribution in [-0.2, 0) is 4.79 Å². The van der Waals surface area contributed by atoms with Crippen molar-refractivity contribution in [2.24, 2.45) is 5.92 Å². The van der Waals surface area contributed by atoms with Gasteiger partial charge in [0.1, 0.15) is 0 Å². The van der Waals surface area contributed by atoms with E-state index in [1.54, 1.807) is 0 Å². The first-order chi connectivity index (χ1) is 9.31. The number of rotatable bonds is 3. The number of hydrogen-bond acceptors (Lipinski definition) is 1. The standard InChI is InChI=1S/C17H23NO/c1-2-14-10-6-7-11-18(14)17(19)16-12-15(16)13-8-4-3-5-9-13/h3-5,8-9,14-16H,2,6-7,10-12H2,1H3/t14-,15+,16-/m1/s1. The Labute approximate surface area is 115 Å². The molecule has 1 aliphatic heterocycles. The molecule has 1 amide bonds. The Morgan fingerprint density at radius 2 is 2.05 bits per heavy atom. The van der Waals surface area contributed by atoms with Gasteiger partial charge in [-0.3, -0.25) is 4.79 Å². The molecule has 1 saturated carbocycles. The van der Waals surface area contributed by atoms with E-state index in [9.17, 15) is 4.79 Å². The van der Waals surface area contributed by atoms with Gasteiger partial charge in [0.15, 0.2) is 0 Å². The monoisotopic (exact) mass is 257 g/mol. The molecule has 2 nitrogen and oxygen atoms in total. The molecule has 2 aliphatic rings. The van der Waals surface area contributed by atoms with Crippen LogP contribution in [0.15, 0.2) is 30.3 Å². The van der Waals surface area contributed by atoms with Gasteiger partial charge in [0.05, 0.1) is 0 Å². The summed E-state index contributed by atoms with van der Waals surface area (Å²) in [5.41, 5.74) is 1.34. The second-order valence-corrected chi connectivity index (χ2v) is 5.95. The Balaban J connectivity index is 1.66. The second kappa shape index (κ2) is 5.36. The van der Waals surface area contributed by atoms with Crippen LogP contribution < -0.4 is 0 Å². The summed E-state index contributed by atoms with van der Waals surface area (Å²) in [5.74, 6) is 1.16. The Bertz CT molecular complexity index is 442. The highest BCUT2D eigenvalue weighted by atomic mass is 16.2. The predicted octanol–water partition coefficient (Wildman–Crippen LogP) is 3.58. The predicted molar refractivity (Wildman–Crippen MR) is 76.9 cm³/mol. The number of piperidine rings is 1. The van der Waals surface area contributed by atoms with Gasteiger partial charge in [0.2, 0.25) is 5.91 Å². The maximum Gasteiger partial charge on any atom is 0.226 e. The number of benzene rings is 1. The molecule has 3 atom stereocenters. The van der Waals surface area contributed by atoms with Crippen molar-refractivity contribution in [3.05, 3.63) is 35.9 Å². The zero-order chi connectivity index (χ0) is 13.2. The fraction of sp³-hybridized carbons (Fsp3) is 0.588. The van der Waals surface area contributed by atoms with Crippen molar-refractivity contribution >= 4 is 5.91 Å². The average Bonchev–Trinajstić information content (AvgIpc) is 3.28. The van der Waals surface area contributed by atoms with Crippen LogP contribution >= 0.6 is 0 Å². The molecule has 1 aliphatic carbocycles. The quantitative estimate of drug-likeness (QED) is 0.810. The molecular weight excluding hydrogens is 234 g/mol. The first-order valence-corrected chi connectivity index (χ1v) is 7.66. The molecule has 1 saturated heterocycles. The normalized spacial score (nSPS) is 30.2. The number of nitrogens with zero attached hydrogens (tertiary/aromatic N) is 1. The van der Waals surface area contributed by atoms with Crippen LogP contribution in [0, 0.1) is 5.92 Å². The van der Waals surface area contributed by atoms with Crippen LogP contribution in [0.2, 0.25) is 0 Å². The van der Waals surface area contributed by atoms with Gasteiger partial charge in [-0.1, -0.05) is 37.3 Å². The van der Waals surface area contributed by atoms with Crippen LogP contribution in [0.25, 0.3) is 0 Å². The summed E-state index contributed by atoms with van der Waals surface area (Å²) in [4.78, 5) is 14.8.